The molecule has 9 heteroatoms. The van der Waals surface area contributed by atoms with E-state index in [1.807, 2.05) is 66.9 Å². The average Bonchev–Trinajstić information content (AvgIpc) is 3.37. The van der Waals surface area contributed by atoms with Gasteiger partial charge in [-0.2, -0.15) is 10.2 Å². The van der Waals surface area contributed by atoms with Crippen LogP contribution in [0.5, 0.6) is 0 Å². The van der Waals surface area contributed by atoms with Gasteiger partial charge in [0, 0.05) is 30.9 Å². The van der Waals surface area contributed by atoms with Crippen LogP contribution in [0.1, 0.15) is 16.1 Å². The lowest BCUT2D eigenvalue weighted by Crippen LogP contribution is -2.26. The third-order valence-corrected chi connectivity index (χ3v) is 4.63. The van der Waals surface area contributed by atoms with Crippen molar-refractivity contribution in [3.63, 3.8) is 0 Å². The normalized spacial score (nSPS) is 10.7. The second-order valence-electron chi connectivity index (χ2n) is 6.59. The Kier molecular flexibility index (Phi) is 5.08. The summed E-state index contributed by atoms with van der Waals surface area (Å²) in [5, 5.41) is 22.4. The molecule has 1 amide bonds. The zero-order chi connectivity index (χ0) is 21.1. The number of benzene rings is 2. The minimum Gasteiger partial charge on any atom is -0.346 e. The van der Waals surface area contributed by atoms with E-state index in [9.17, 15) is 14.9 Å². The van der Waals surface area contributed by atoms with Crippen LogP contribution in [0.2, 0.25) is 0 Å². The first kappa shape index (κ1) is 19.1. The second-order valence-corrected chi connectivity index (χ2v) is 6.59. The summed E-state index contributed by atoms with van der Waals surface area (Å²) in [6.07, 6.45) is 2.91. The fourth-order valence-electron chi connectivity index (χ4n) is 3.17. The van der Waals surface area contributed by atoms with E-state index in [2.05, 4.69) is 10.4 Å². The van der Waals surface area contributed by atoms with Crippen molar-refractivity contribution >= 4 is 11.6 Å². The molecule has 0 spiro atoms. The third-order valence-electron chi connectivity index (χ3n) is 4.63. The molecule has 0 aliphatic carbocycles. The lowest BCUT2D eigenvalue weighted by Gasteiger charge is -2.06. The molecule has 2 heterocycles. The van der Waals surface area contributed by atoms with Gasteiger partial charge in [-0.15, -0.1) is 0 Å². The molecule has 0 atom stereocenters. The summed E-state index contributed by atoms with van der Waals surface area (Å²) in [5.41, 5.74) is 2.86. The standard InChI is InChI=1S/C21H18N6O3/c1-25-20(18(13-23-25)27(29)30)21(28)22-12-16-14-26(17-10-6-3-7-11-17)24-19(16)15-8-4-2-5-9-15/h2-11,13-14H,12H2,1H3,(H,22,28). The highest BCUT2D eigenvalue weighted by molar-refractivity contribution is 5.96. The van der Waals surface area contributed by atoms with Crippen LogP contribution in [0.25, 0.3) is 16.9 Å². The van der Waals surface area contributed by atoms with Crippen molar-refractivity contribution in [3.8, 4) is 16.9 Å². The van der Waals surface area contributed by atoms with E-state index < -0.39 is 10.8 Å². The summed E-state index contributed by atoms with van der Waals surface area (Å²) < 4.78 is 2.94. The molecule has 0 aliphatic heterocycles. The maximum absolute atomic E-state index is 12.6. The molecule has 4 aromatic rings. The molecule has 150 valence electrons. The monoisotopic (exact) mass is 402 g/mol. The fourth-order valence-corrected chi connectivity index (χ4v) is 3.17. The summed E-state index contributed by atoms with van der Waals surface area (Å²) in [6, 6.07) is 19.3. The van der Waals surface area contributed by atoms with E-state index in [1.165, 1.54) is 11.7 Å². The predicted octanol–water partition coefficient (Wildman–Crippen LogP) is 3.11. The maximum Gasteiger partial charge on any atom is 0.320 e. The van der Waals surface area contributed by atoms with Gasteiger partial charge < -0.3 is 5.32 Å². The minimum absolute atomic E-state index is 0.100. The Morgan fingerprint density at radius 3 is 2.43 bits per heavy atom. The molecule has 0 unspecified atom stereocenters. The quantitative estimate of drug-likeness (QED) is 0.394. The number of amides is 1. The van der Waals surface area contributed by atoms with Crippen LogP contribution < -0.4 is 5.32 Å². The number of aromatic nitrogens is 4. The van der Waals surface area contributed by atoms with Crippen molar-refractivity contribution in [2.45, 2.75) is 6.54 Å². The molecule has 0 saturated carbocycles. The fraction of sp³-hybridized carbons (Fsp3) is 0.0952. The Hall–Kier alpha value is -4.27. The van der Waals surface area contributed by atoms with Crippen molar-refractivity contribution in [1.82, 2.24) is 24.9 Å². The summed E-state index contributed by atoms with van der Waals surface area (Å²) in [4.78, 5) is 23.2. The number of aryl methyl sites for hydroxylation is 1. The Balaban J connectivity index is 1.65. The van der Waals surface area contributed by atoms with Crippen LogP contribution in [-0.4, -0.2) is 30.4 Å². The largest absolute Gasteiger partial charge is 0.346 e. The van der Waals surface area contributed by atoms with E-state index in [4.69, 9.17) is 5.10 Å². The van der Waals surface area contributed by atoms with Crippen molar-refractivity contribution in [3.05, 3.63) is 94.4 Å². The maximum atomic E-state index is 12.6. The molecule has 0 aliphatic rings. The Morgan fingerprint density at radius 2 is 1.77 bits per heavy atom. The summed E-state index contributed by atoms with van der Waals surface area (Å²) in [7, 11) is 1.49. The molecular formula is C21H18N6O3. The first-order valence-corrected chi connectivity index (χ1v) is 9.18. The van der Waals surface area contributed by atoms with Crippen molar-refractivity contribution in [2.24, 2.45) is 7.05 Å². The van der Waals surface area contributed by atoms with E-state index in [-0.39, 0.29) is 17.9 Å². The van der Waals surface area contributed by atoms with Gasteiger partial charge in [0.2, 0.25) is 5.69 Å². The topological polar surface area (TPSA) is 108 Å². The highest BCUT2D eigenvalue weighted by atomic mass is 16.6. The molecule has 2 aromatic heterocycles. The molecular weight excluding hydrogens is 384 g/mol. The first-order chi connectivity index (χ1) is 14.5. The van der Waals surface area contributed by atoms with Gasteiger partial charge >= 0.3 is 5.69 Å². The Labute approximate surface area is 171 Å². The molecule has 0 fully saturated rings. The van der Waals surface area contributed by atoms with Crippen molar-refractivity contribution < 1.29 is 9.72 Å². The van der Waals surface area contributed by atoms with Gasteiger partial charge in [0.15, 0.2) is 0 Å². The highest BCUT2D eigenvalue weighted by Gasteiger charge is 2.25. The third kappa shape index (κ3) is 3.68. The number of carbonyl (C=O) groups is 1. The smallest absolute Gasteiger partial charge is 0.320 e. The van der Waals surface area contributed by atoms with Gasteiger partial charge in [0.1, 0.15) is 6.20 Å². The molecule has 30 heavy (non-hydrogen) atoms. The zero-order valence-electron chi connectivity index (χ0n) is 16.1. The van der Waals surface area contributed by atoms with Crippen LogP contribution in [-0.2, 0) is 13.6 Å². The summed E-state index contributed by atoms with van der Waals surface area (Å²) in [5.74, 6) is -0.576. The van der Waals surface area contributed by atoms with Gasteiger partial charge in [-0.25, -0.2) is 4.68 Å². The molecule has 0 radical (unpaired) electrons. The first-order valence-electron chi connectivity index (χ1n) is 9.18. The molecule has 2 aromatic carbocycles. The average molecular weight is 402 g/mol. The molecule has 1 N–H and O–H groups in total. The molecule has 9 nitrogen and oxygen atoms in total. The number of nitro groups is 1. The van der Waals surface area contributed by atoms with Gasteiger partial charge in [0.05, 0.1) is 16.3 Å². The Bertz CT molecular complexity index is 1200. The van der Waals surface area contributed by atoms with Gasteiger partial charge in [-0.1, -0.05) is 48.5 Å². The molecule has 4 rings (SSSR count). The highest BCUT2D eigenvalue weighted by Crippen LogP contribution is 2.24. The van der Waals surface area contributed by atoms with Crippen molar-refractivity contribution in [2.75, 3.05) is 0 Å². The van der Waals surface area contributed by atoms with Crippen molar-refractivity contribution in [1.29, 1.82) is 0 Å². The van der Waals surface area contributed by atoms with Crippen LogP contribution in [0.4, 0.5) is 5.69 Å². The Morgan fingerprint density at radius 1 is 1.10 bits per heavy atom. The van der Waals surface area contributed by atoms with Gasteiger partial charge in [0.25, 0.3) is 5.91 Å². The number of hydrogen-bond donors (Lipinski definition) is 1. The van der Waals surface area contributed by atoms with E-state index >= 15 is 0 Å². The number of nitrogens with zero attached hydrogens (tertiary/aromatic N) is 5. The number of hydrogen-bond acceptors (Lipinski definition) is 5. The number of nitrogens with one attached hydrogen (secondary N) is 1. The number of rotatable bonds is 6. The minimum atomic E-state index is -0.620. The van der Waals surface area contributed by atoms with Crippen LogP contribution >= 0.6 is 0 Å². The van der Waals surface area contributed by atoms with Gasteiger partial charge in [-0.05, 0) is 12.1 Å². The SMILES string of the molecule is Cn1ncc([N+](=O)[O-])c1C(=O)NCc1cn(-c2ccccc2)nc1-c1ccccc1. The van der Waals surface area contributed by atoms with E-state index in [0.29, 0.717) is 0 Å². The van der Waals surface area contributed by atoms with Crippen LogP contribution in [0.15, 0.2) is 73.1 Å². The second kappa shape index (κ2) is 8.00. The summed E-state index contributed by atoms with van der Waals surface area (Å²) >= 11 is 0. The summed E-state index contributed by atoms with van der Waals surface area (Å²) in [6.45, 7) is 0.151. The van der Waals surface area contributed by atoms with E-state index in [1.54, 1.807) is 4.68 Å². The molecule has 0 bridgehead atoms. The number of para-hydroxylation sites is 1. The number of carbonyl (C=O) groups excluding carboxylic acids is 1. The van der Waals surface area contributed by atoms with Gasteiger partial charge in [-0.3, -0.25) is 19.6 Å². The zero-order valence-corrected chi connectivity index (χ0v) is 16.1. The van der Waals surface area contributed by atoms with E-state index in [0.717, 1.165) is 28.7 Å². The molecule has 0 saturated heterocycles. The lowest BCUT2D eigenvalue weighted by atomic mass is 10.1. The lowest BCUT2D eigenvalue weighted by molar-refractivity contribution is -0.385. The van der Waals surface area contributed by atoms with Crippen LogP contribution in [0, 0.1) is 10.1 Å². The predicted molar refractivity (Wildman–Crippen MR) is 110 cm³/mol. The van der Waals surface area contributed by atoms with Crippen LogP contribution in [0.3, 0.4) is 0 Å².